The van der Waals surface area contributed by atoms with Gasteiger partial charge in [-0.1, -0.05) is 11.6 Å². The average Bonchev–Trinajstić information content (AvgIpc) is 2.49. The lowest BCUT2D eigenvalue weighted by Crippen LogP contribution is -2.39. The SMILES string of the molecule is COC(=O)c1ccc(Cl)c(NC(=O)CC2CSCCN2)c1. The van der Waals surface area contributed by atoms with Gasteiger partial charge in [-0.05, 0) is 18.2 Å². The highest BCUT2D eigenvalue weighted by Gasteiger charge is 2.18. The number of thioether (sulfide) groups is 1. The van der Waals surface area contributed by atoms with E-state index in [2.05, 4.69) is 15.4 Å². The van der Waals surface area contributed by atoms with Gasteiger partial charge < -0.3 is 15.4 Å². The first kappa shape index (κ1) is 16.1. The van der Waals surface area contributed by atoms with Gasteiger partial charge in [0.15, 0.2) is 0 Å². The molecule has 1 aliphatic heterocycles. The fourth-order valence-corrected chi connectivity index (χ4v) is 3.16. The molecule has 1 amide bonds. The molecular formula is C14H17ClN2O3S. The normalized spacial score (nSPS) is 18.1. The molecule has 1 heterocycles. The van der Waals surface area contributed by atoms with E-state index in [-0.39, 0.29) is 11.9 Å². The first-order chi connectivity index (χ1) is 10.1. The zero-order valence-electron chi connectivity index (χ0n) is 11.6. The van der Waals surface area contributed by atoms with Crippen LogP contribution in [0.4, 0.5) is 5.69 Å². The lowest BCUT2D eigenvalue weighted by Gasteiger charge is -2.22. The van der Waals surface area contributed by atoms with Gasteiger partial charge >= 0.3 is 5.97 Å². The van der Waals surface area contributed by atoms with Crippen LogP contribution in [0.2, 0.25) is 5.02 Å². The molecule has 0 spiro atoms. The first-order valence-corrected chi connectivity index (χ1v) is 8.12. The monoisotopic (exact) mass is 328 g/mol. The fraction of sp³-hybridized carbons (Fsp3) is 0.429. The summed E-state index contributed by atoms with van der Waals surface area (Å²) in [6.07, 6.45) is 0.381. The summed E-state index contributed by atoms with van der Waals surface area (Å²) in [6, 6.07) is 4.82. The lowest BCUT2D eigenvalue weighted by atomic mass is 10.2. The molecule has 0 bridgehead atoms. The predicted octanol–water partition coefficient (Wildman–Crippen LogP) is 2.16. The third-order valence-electron chi connectivity index (χ3n) is 3.09. The number of amides is 1. The van der Waals surface area contributed by atoms with E-state index in [1.54, 1.807) is 12.1 Å². The van der Waals surface area contributed by atoms with Crippen molar-refractivity contribution in [3.8, 4) is 0 Å². The van der Waals surface area contributed by atoms with Crippen molar-refractivity contribution in [2.75, 3.05) is 30.5 Å². The van der Waals surface area contributed by atoms with Crippen LogP contribution >= 0.6 is 23.4 Å². The Balaban J connectivity index is 2.00. The van der Waals surface area contributed by atoms with Gasteiger partial charge in [0.1, 0.15) is 0 Å². The topological polar surface area (TPSA) is 67.4 Å². The molecule has 1 unspecified atom stereocenters. The van der Waals surface area contributed by atoms with E-state index in [1.165, 1.54) is 13.2 Å². The number of rotatable bonds is 4. The van der Waals surface area contributed by atoms with Crippen molar-refractivity contribution in [1.29, 1.82) is 0 Å². The summed E-state index contributed by atoms with van der Waals surface area (Å²) < 4.78 is 4.65. The summed E-state index contributed by atoms with van der Waals surface area (Å²) >= 11 is 7.88. The molecule has 0 radical (unpaired) electrons. The molecule has 1 aromatic rings. The minimum atomic E-state index is -0.465. The highest BCUT2D eigenvalue weighted by Crippen LogP contribution is 2.24. The second kappa shape index (κ2) is 7.68. The maximum absolute atomic E-state index is 12.0. The van der Waals surface area contributed by atoms with Crippen molar-refractivity contribution in [3.63, 3.8) is 0 Å². The van der Waals surface area contributed by atoms with Crippen molar-refractivity contribution in [2.24, 2.45) is 0 Å². The number of halogens is 1. The van der Waals surface area contributed by atoms with E-state index >= 15 is 0 Å². The van der Waals surface area contributed by atoms with Gasteiger partial charge in [-0.2, -0.15) is 11.8 Å². The van der Waals surface area contributed by atoms with E-state index in [0.717, 1.165) is 18.1 Å². The standard InChI is InChI=1S/C14H17ClN2O3S/c1-20-14(19)9-2-3-11(15)12(6-9)17-13(18)7-10-8-21-5-4-16-10/h2-3,6,10,16H,4-5,7-8H2,1H3,(H,17,18). The number of carbonyl (C=O) groups is 2. The second-order valence-corrected chi connectivity index (χ2v) is 6.22. The van der Waals surface area contributed by atoms with E-state index in [0.29, 0.717) is 22.7 Å². The molecule has 1 fully saturated rings. The molecular weight excluding hydrogens is 312 g/mol. The third kappa shape index (κ3) is 4.62. The van der Waals surface area contributed by atoms with Crippen LogP contribution in [0.15, 0.2) is 18.2 Å². The molecule has 1 aromatic carbocycles. The van der Waals surface area contributed by atoms with Gasteiger partial charge in [0.2, 0.25) is 5.91 Å². The summed E-state index contributed by atoms with van der Waals surface area (Å²) in [7, 11) is 1.31. The summed E-state index contributed by atoms with van der Waals surface area (Å²) in [6.45, 7) is 0.918. The van der Waals surface area contributed by atoms with E-state index < -0.39 is 5.97 Å². The zero-order chi connectivity index (χ0) is 15.2. The Morgan fingerprint density at radius 3 is 3.00 bits per heavy atom. The number of ether oxygens (including phenoxy) is 1. The molecule has 2 N–H and O–H groups in total. The van der Waals surface area contributed by atoms with Crippen LogP contribution in [0, 0.1) is 0 Å². The van der Waals surface area contributed by atoms with E-state index in [9.17, 15) is 9.59 Å². The van der Waals surface area contributed by atoms with Gasteiger partial charge in [-0.3, -0.25) is 4.79 Å². The molecule has 1 aliphatic rings. The number of methoxy groups -OCH3 is 1. The molecule has 1 saturated heterocycles. The maximum atomic E-state index is 12.0. The number of carbonyl (C=O) groups excluding carboxylic acids is 2. The van der Waals surface area contributed by atoms with Crippen LogP contribution in [-0.4, -0.2) is 43.1 Å². The van der Waals surface area contributed by atoms with Gasteiger partial charge in [0.05, 0.1) is 23.4 Å². The Bertz CT molecular complexity index is 533. The smallest absolute Gasteiger partial charge is 0.337 e. The Morgan fingerprint density at radius 1 is 1.52 bits per heavy atom. The maximum Gasteiger partial charge on any atom is 0.337 e. The number of nitrogens with one attached hydrogen (secondary N) is 2. The fourth-order valence-electron chi connectivity index (χ4n) is 2.04. The van der Waals surface area contributed by atoms with Crippen LogP contribution in [0.3, 0.4) is 0 Å². The molecule has 21 heavy (non-hydrogen) atoms. The number of esters is 1. The van der Waals surface area contributed by atoms with Gasteiger partial charge in [-0.15, -0.1) is 0 Å². The van der Waals surface area contributed by atoms with Crippen molar-refractivity contribution in [2.45, 2.75) is 12.5 Å². The zero-order valence-corrected chi connectivity index (χ0v) is 13.2. The molecule has 0 saturated carbocycles. The first-order valence-electron chi connectivity index (χ1n) is 6.59. The molecule has 2 rings (SSSR count). The molecule has 0 aromatic heterocycles. The minimum absolute atomic E-state index is 0.126. The van der Waals surface area contributed by atoms with E-state index in [1.807, 2.05) is 11.8 Å². The average molecular weight is 329 g/mol. The number of hydrogen-bond acceptors (Lipinski definition) is 5. The van der Waals surface area contributed by atoms with Gasteiger partial charge in [0.25, 0.3) is 0 Å². The summed E-state index contributed by atoms with van der Waals surface area (Å²) in [5.41, 5.74) is 0.775. The highest BCUT2D eigenvalue weighted by molar-refractivity contribution is 7.99. The summed E-state index contributed by atoms with van der Waals surface area (Å²) in [5, 5.41) is 6.44. The Hall–Kier alpha value is -1.24. The quantitative estimate of drug-likeness (QED) is 0.829. The number of hydrogen-bond donors (Lipinski definition) is 2. The van der Waals surface area contributed by atoms with Crippen molar-refractivity contribution >= 4 is 40.9 Å². The summed E-state index contributed by atoms with van der Waals surface area (Å²) in [5.74, 6) is 1.40. The van der Waals surface area contributed by atoms with Gasteiger partial charge in [0, 0.05) is 30.5 Å². The van der Waals surface area contributed by atoms with Crippen molar-refractivity contribution in [1.82, 2.24) is 5.32 Å². The minimum Gasteiger partial charge on any atom is -0.465 e. The third-order valence-corrected chi connectivity index (χ3v) is 4.55. The summed E-state index contributed by atoms with van der Waals surface area (Å²) in [4.78, 5) is 23.5. The van der Waals surface area contributed by atoms with Crippen LogP contribution in [0.25, 0.3) is 0 Å². The van der Waals surface area contributed by atoms with Crippen LogP contribution in [-0.2, 0) is 9.53 Å². The molecule has 7 heteroatoms. The Morgan fingerprint density at radius 2 is 2.33 bits per heavy atom. The van der Waals surface area contributed by atoms with E-state index in [4.69, 9.17) is 11.6 Å². The highest BCUT2D eigenvalue weighted by atomic mass is 35.5. The van der Waals surface area contributed by atoms with Crippen LogP contribution in [0.1, 0.15) is 16.8 Å². The Labute approximate surface area is 132 Å². The van der Waals surface area contributed by atoms with Gasteiger partial charge in [-0.25, -0.2) is 4.79 Å². The molecule has 5 nitrogen and oxygen atoms in total. The van der Waals surface area contributed by atoms with Crippen molar-refractivity contribution < 1.29 is 14.3 Å². The lowest BCUT2D eigenvalue weighted by molar-refractivity contribution is -0.116. The Kier molecular flexibility index (Phi) is 5.90. The second-order valence-electron chi connectivity index (χ2n) is 4.66. The number of anilines is 1. The number of benzene rings is 1. The predicted molar refractivity (Wildman–Crippen MR) is 85.2 cm³/mol. The molecule has 114 valence electrons. The molecule has 0 aliphatic carbocycles. The van der Waals surface area contributed by atoms with Crippen LogP contribution < -0.4 is 10.6 Å². The van der Waals surface area contributed by atoms with Crippen LogP contribution in [0.5, 0.6) is 0 Å². The molecule has 1 atom stereocenters. The van der Waals surface area contributed by atoms with Crippen molar-refractivity contribution in [3.05, 3.63) is 28.8 Å². The largest absolute Gasteiger partial charge is 0.465 e.